The van der Waals surface area contributed by atoms with Gasteiger partial charge in [0.15, 0.2) is 23.0 Å². The van der Waals surface area contributed by atoms with Crippen molar-refractivity contribution < 1.29 is 23.8 Å². The van der Waals surface area contributed by atoms with Crippen LogP contribution in [0.3, 0.4) is 0 Å². The number of anilines is 1. The highest BCUT2D eigenvalue weighted by atomic mass is 32.2. The van der Waals surface area contributed by atoms with Crippen LogP contribution in [0.25, 0.3) is 16.8 Å². The Kier molecular flexibility index (Phi) is 11.4. The summed E-state index contributed by atoms with van der Waals surface area (Å²) in [6.07, 6.45) is 6.60. The molecule has 0 unspecified atom stereocenters. The van der Waals surface area contributed by atoms with E-state index in [4.69, 9.17) is 14.2 Å². The second-order valence-electron chi connectivity index (χ2n) is 11.5. The van der Waals surface area contributed by atoms with Crippen LogP contribution in [0, 0.1) is 0 Å². The molecule has 12 nitrogen and oxygen atoms in total. The lowest BCUT2D eigenvalue weighted by atomic mass is 9.95. The van der Waals surface area contributed by atoms with Crippen LogP contribution in [-0.4, -0.2) is 66.3 Å². The average molecular weight is 675 g/mol. The minimum Gasteiger partial charge on any atom is -0.493 e. The third kappa shape index (κ3) is 7.51. The molecule has 0 bridgehead atoms. The topological polar surface area (TPSA) is 145 Å². The SMILES string of the molecule is COc1cc2c(c(OC)c1OC)-c1ccc(NCCCC(=O)N[C@@H](CCSC)c3nnc4ccccn34)c(=O)cc1[C@@H](NC(C)=O)CC2. The number of carbonyl (C=O) groups excluding carboxylic acids is 2. The van der Waals surface area contributed by atoms with Gasteiger partial charge in [0.1, 0.15) is 0 Å². The molecule has 4 aromatic rings. The number of hydrogen-bond acceptors (Lipinski definition) is 10. The van der Waals surface area contributed by atoms with Gasteiger partial charge in [-0.05, 0) is 84.7 Å². The Bertz CT molecular complexity index is 1850. The lowest BCUT2D eigenvalue weighted by molar-refractivity contribution is -0.122. The minimum absolute atomic E-state index is 0.102. The van der Waals surface area contributed by atoms with Crippen LogP contribution in [0.2, 0.25) is 0 Å². The van der Waals surface area contributed by atoms with Gasteiger partial charge in [-0.25, -0.2) is 0 Å². The van der Waals surface area contributed by atoms with Crippen molar-refractivity contribution in [3.63, 3.8) is 0 Å². The van der Waals surface area contributed by atoms with Gasteiger partial charge in [-0.3, -0.25) is 18.8 Å². The van der Waals surface area contributed by atoms with Crippen molar-refractivity contribution in [2.45, 2.75) is 51.1 Å². The number of pyridine rings is 1. The van der Waals surface area contributed by atoms with Crippen molar-refractivity contribution in [1.82, 2.24) is 25.2 Å². The van der Waals surface area contributed by atoms with E-state index in [9.17, 15) is 14.4 Å². The number of aromatic nitrogens is 3. The minimum atomic E-state index is -0.398. The number of nitrogens with zero attached hydrogens (tertiary/aromatic N) is 3. The molecule has 2 heterocycles. The van der Waals surface area contributed by atoms with Gasteiger partial charge in [0.2, 0.25) is 23.0 Å². The Labute approximate surface area is 284 Å². The van der Waals surface area contributed by atoms with E-state index >= 15 is 0 Å². The van der Waals surface area contributed by atoms with Gasteiger partial charge < -0.3 is 30.2 Å². The van der Waals surface area contributed by atoms with Crippen LogP contribution >= 0.6 is 11.8 Å². The van der Waals surface area contributed by atoms with E-state index in [1.165, 1.54) is 6.92 Å². The highest BCUT2D eigenvalue weighted by Crippen LogP contribution is 2.50. The van der Waals surface area contributed by atoms with Gasteiger partial charge in [-0.1, -0.05) is 12.1 Å². The fraction of sp³-hybridized carbons (Fsp3) is 0.400. The zero-order valence-corrected chi connectivity index (χ0v) is 28.7. The Morgan fingerprint density at radius 3 is 2.60 bits per heavy atom. The van der Waals surface area contributed by atoms with Crippen molar-refractivity contribution in [2.75, 3.05) is 45.2 Å². The molecule has 0 saturated heterocycles. The van der Waals surface area contributed by atoms with Gasteiger partial charge in [-0.15, -0.1) is 10.2 Å². The smallest absolute Gasteiger partial charge is 0.220 e. The molecular formula is C35H42N6O6S. The first-order valence-corrected chi connectivity index (χ1v) is 17.3. The largest absolute Gasteiger partial charge is 0.493 e. The molecule has 3 N–H and O–H groups in total. The molecule has 2 aromatic carbocycles. The van der Waals surface area contributed by atoms with Crippen molar-refractivity contribution in [3.05, 3.63) is 75.8 Å². The molecule has 254 valence electrons. The maximum absolute atomic E-state index is 13.6. The Hall–Kier alpha value is -4.78. The summed E-state index contributed by atoms with van der Waals surface area (Å²) in [7, 11) is 4.69. The van der Waals surface area contributed by atoms with Crippen molar-refractivity contribution >= 4 is 34.9 Å². The van der Waals surface area contributed by atoms with Crippen molar-refractivity contribution in [3.8, 4) is 28.4 Å². The molecule has 1 aliphatic rings. The molecule has 48 heavy (non-hydrogen) atoms. The van der Waals surface area contributed by atoms with Crippen molar-refractivity contribution in [2.24, 2.45) is 0 Å². The van der Waals surface area contributed by atoms with Crippen molar-refractivity contribution in [1.29, 1.82) is 0 Å². The number of aryl methyl sites for hydroxylation is 1. The fourth-order valence-corrected chi connectivity index (χ4v) is 6.66. The lowest BCUT2D eigenvalue weighted by Crippen LogP contribution is -2.30. The molecule has 1 aliphatic carbocycles. The quantitative estimate of drug-likeness (QED) is 0.161. The molecule has 0 fully saturated rings. The lowest BCUT2D eigenvalue weighted by Gasteiger charge is -2.19. The number of nitrogens with one attached hydrogen (secondary N) is 3. The van der Waals surface area contributed by atoms with E-state index in [0.717, 1.165) is 34.5 Å². The monoisotopic (exact) mass is 674 g/mol. The highest BCUT2D eigenvalue weighted by molar-refractivity contribution is 7.98. The number of hydrogen-bond donors (Lipinski definition) is 3. The maximum atomic E-state index is 13.6. The molecule has 0 aliphatic heterocycles. The number of carbonyl (C=O) groups is 2. The van der Waals surface area contributed by atoms with Gasteiger partial charge in [0.25, 0.3) is 0 Å². The predicted octanol–water partition coefficient (Wildman–Crippen LogP) is 4.71. The van der Waals surface area contributed by atoms with Crippen LogP contribution in [-0.2, 0) is 16.0 Å². The van der Waals surface area contributed by atoms with E-state index in [0.29, 0.717) is 60.1 Å². The van der Waals surface area contributed by atoms with Gasteiger partial charge in [0.05, 0.1) is 39.1 Å². The Morgan fingerprint density at radius 2 is 1.88 bits per heavy atom. The number of thioether (sulfide) groups is 1. The maximum Gasteiger partial charge on any atom is 0.220 e. The van der Waals surface area contributed by atoms with Gasteiger partial charge in [-0.2, -0.15) is 11.8 Å². The number of fused-ring (bicyclic) bond motifs is 4. The van der Waals surface area contributed by atoms with Crippen LogP contribution in [0.15, 0.2) is 53.5 Å². The van der Waals surface area contributed by atoms with Crippen LogP contribution in [0.4, 0.5) is 5.69 Å². The Morgan fingerprint density at radius 1 is 1.06 bits per heavy atom. The molecule has 0 spiro atoms. The van der Waals surface area contributed by atoms with Gasteiger partial charge >= 0.3 is 0 Å². The molecule has 0 saturated carbocycles. The number of amides is 2. The fourth-order valence-electron chi connectivity index (χ4n) is 6.19. The molecule has 2 atom stereocenters. The van der Waals surface area contributed by atoms with Crippen LogP contribution in [0.5, 0.6) is 17.2 Å². The predicted molar refractivity (Wildman–Crippen MR) is 187 cm³/mol. The normalized spacial score (nSPS) is 14.2. The number of ether oxygens (including phenoxy) is 3. The second-order valence-corrected chi connectivity index (χ2v) is 12.5. The Balaban J connectivity index is 1.35. The highest BCUT2D eigenvalue weighted by Gasteiger charge is 2.29. The first-order chi connectivity index (χ1) is 23.3. The van der Waals surface area contributed by atoms with E-state index in [2.05, 4.69) is 26.1 Å². The molecule has 0 radical (unpaired) electrons. The van der Waals surface area contributed by atoms with E-state index in [1.807, 2.05) is 47.2 Å². The average Bonchev–Trinajstić information content (AvgIpc) is 3.38. The molecule has 2 amide bonds. The first kappa shape index (κ1) is 34.6. The van der Waals surface area contributed by atoms with E-state index < -0.39 is 6.04 Å². The van der Waals surface area contributed by atoms with E-state index in [-0.39, 0.29) is 29.7 Å². The summed E-state index contributed by atoms with van der Waals surface area (Å²) < 4.78 is 19.0. The van der Waals surface area contributed by atoms with Gasteiger partial charge in [0, 0.05) is 31.6 Å². The van der Waals surface area contributed by atoms with Crippen LogP contribution < -0.4 is 35.6 Å². The number of rotatable bonds is 14. The summed E-state index contributed by atoms with van der Waals surface area (Å²) in [5.41, 5.74) is 4.06. The second kappa shape index (κ2) is 15.9. The summed E-state index contributed by atoms with van der Waals surface area (Å²) in [6.45, 7) is 1.87. The third-order valence-corrected chi connectivity index (χ3v) is 9.05. The third-order valence-electron chi connectivity index (χ3n) is 8.41. The summed E-state index contributed by atoms with van der Waals surface area (Å²) in [6, 6.07) is 12.1. The van der Waals surface area contributed by atoms with E-state index in [1.54, 1.807) is 45.2 Å². The molecule has 2 aromatic heterocycles. The first-order valence-electron chi connectivity index (χ1n) is 15.9. The summed E-state index contributed by atoms with van der Waals surface area (Å²) >= 11 is 1.71. The van der Waals surface area contributed by atoms with Crippen LogP contribution in [0.1, 0.15) is 61.6 Å². The zero-order valence-electron chi connectivity index (χ0n) is 27.9. The summed E-state index contributed by atoms with van der Waals surface area (Å²) in [5, 5.41) is 18.0. The molecular weight excluding hydrogens is 632 g/mol. The number of methoxy groups -OCH3 is 3. The standard InChI is InChI=1S/C35H42N6O6S/c1-21(42)37-25-13-11-22-19-29(45-2)33(46-3)34(47-4)32(22)23-12-14-26(28(43)20-24(23)25)36-16-8-10-31(44)38-27(15-18-48-5)35-40-39-30-9-6-7-17-41(30)35/h6-7,9,12,14,17,19-20,25,27H,8,10-11,13,15-16,18H2,1-5H3,(H,36,43)(H,37,42)(H,38,44)/t25-,27-/m0/s1. The zero-order chi connectivity index (χ0) is 34.2. The molecule has 13 heteroatoms. The number of benzene rings is 1. The molecule has 5 rings (SSSR count). The summed E-state index contributed by atoms with van der Waals surface area (Å²) in [5.74, 6) is 2.73. The summed E-state index contributed by atoms with van der Waals surface area (Å²) in [4.78, 5) is 38.9.